The molecule has 1 aliphatic rings. The fraction of sp³-hybridized carbons (Fsp3) is 0.562. The summed E-state index contributed by atoms with van der Waals surface area (Å²) in [5.41, 5.74) is 0.271. The van der Waals surface area contributed by atoms with E-state index in [9.17, 15) is 9.18 Å². The maximum absolute atomic E-state index is 13.4. The Morgan fingerprint density at radius 3 is 2.60 bits per heavy atom. The number of likely N-dealkylation sites (tertiary alicyclic amines) is 1. The number of piperidine rings is 1. The van der Waals surface area contributed by atoms with Gasteiger partial charge in [0.05, 0.1) is 31.7 Å². The van der Waals surface area contributed by atoms with Crippen molar-refractivity contribution < 1.29 is 14.1 Å². The van der Waals surface area contributed by atoms with Crippen molar-refractivity contribution in [2.45, 2.75) is 26.7 Å². The van der Waals surface area contributed by atoms with Crippen LogP contribution in [0.3, 0.4) is 0 Å². The number of para-hydroxylation sites is 1. The van der Waals surface area contributed by atoms with Crippen LogP contribution in [0.25, 0.3) is 0 Å². The summed E-state index contributed by atoms with van der Waals surface area (Å²) >= 11 is 0. The zero-order valence-corrected chi connectivity index (χ0v) is 12.3. The maximum Gasteiger partial charge on any atom is 0.230 e. The lowest BCUT2D eigenvalue weighted by Crippen LogP contribution is -3.14. The molecule has 2 N–H and O–H groups in total. The standard InChI is InChI=1S/C16H23FN2O/c1-12-9-13(2)11-19(10-12)8-7-16(20)18-15-6-4-3-5-14(15)17/h3-6,12-13H,7-11H2,1-2H3,(H,18,20)/p+1/t12-,13-/m1/s1. The van der Waals surface area contributed by atoms with Gasteiger partial charge in [0.2, 0.25) is 5.91 Å². The minimum atomic E-state index is -0.381. The van der Waals surface area contributed by atoms with E-state index in [-0.39, 0.29) is 17.4 Å². The number of anilines is 1. The molecule has 1 amide bonds. The van der Waals surface area contributed by atoms with E-state index in [0.29, 0.717) is 6.42 Å². The van der Waals surface area contributed by atoms with Crippen LogP contribution in [-0.4, -0.2) is 25.5 Å². The zero-order chi connectivity index (χ0) is 14.5. The topological polar surface area (TPSA) is 33.5 Å². The van der Waals surface area contributed by atoms with Crippen LogP contribution in [0.1, 0.15) is 26.7 Å². The van der Waals surface area contributed by atoms with E-state index in [1.54, 1.807) is 18.2 Å². The SMILES string of the molecule is C[C@@H]1C[C@@H](C)C[NH+](CCC(=O)Nc2ccccc2F)C1. The third-order valence-corrected chi connectivity index (χ3v) is 3.93. The molecule has 0 spiro atoms. The summed E-state index contributed by atoms with van der Waals surface area (Å²) in [6.45, 7) is 7.65. The summed E-state index contributed by atoms with van der Waals surface area (Å²) in [6, 6.07) is 6.28. The summed E-state index contributed by atoms with van der Waals surface area (Å²) in [6.07, 6.45) is 1.73. The Kier molecular flexibility index (Phi) is 5.12. The highest BCUT2D eigenvalue weighted by molar-refractivity contribution is 5.90. The number of carbonyl (C=O) groups is 1. The van der Waals surface area contributed by atoms with Gasteiger partial charge in [-0.1, -0.05) is 26.0 Å². The molecule has 110 valence electrons. The van der Waals surface area contributed by atoms with Crippen LogP contribution in [0.4, 0.5) is 10.1 Å². The molecule has 2 atom stereocenters. The first-order chi connectivity index (χ1) is 9.54. The van der Waals surface area contributed by atoms with E-state index in [4.69, 9.17) is 0 Å². The van der Waals surface area contributed by atoms with Crippen molar-refractivity contribution in [1.29, 1.82) is 0 Å². The molecule has 0 aliphatic carbocycles. The molecule has 20 heavy (non-hydrogen) atoms. The molecule has 0 radical (unpaired) electrons. The molecule has 4 heteroatoms. The second kappa shape index (κ2) is 6.84. The van der Waals surface area contributed by atoms with Gasteiger partial charge in [-0.25, -0.2) is 4.39 Å². The smallest absolute Gasteiger partial charge is 0.230 e. The maximum atomic E-state index is 13.4. The first-order valence-corrected chi connectivity index (χ1v) is 7.42. The molecule has 0 aromatic heterocycles. The lowest BCUT2D eigenvalue weighted by Gasteiger charge is -2.31. The van der Waals surface area contributed by atoms with Gasteiger partial charge in [-0.3, -0.25) is 4.79 Å². The van der Waals surface area contributed by atoms with Gasteiger partial charge >= 0.3 is 0 Å². The van der Waals surface area contributed by atoms with Crippen molar-refractivity contribution in [1.82, 2.24) is 0 Å². The highest BCUT2D eigenvalue weighted by atomic mass is 19.1. The predicted octanol–water partition coefficient (Wildman–Crippen LogP) is 1.72. The van der Waals surface area contributed by atoms with Crippen LogP contribution in [0.5, 0.6) is 0 Å². The van der Waals surface area contributed by atoms with Crippen LogP contribution in [0.15, 0.2) is 24.3 Å². The molecule has 1 aliphatic heterocycles. The monoisotopic (exact) mass is 279 g/mol. The van der Waals surface area contributed by atoms with Crippen LogP contribution in [0, 0.1) is 17.7 Å². The number of hydrogen-bond acceptors (Lipinski definition) is 1. The Morgan fingerprint density at radius 2 is 1.95 bits per heavy atom. The van der Waals surface area contributed by atoms with Gasteiger partial charge in [-0.05, 0) is 18.6 Å². The molecular formula is C16H24FN2O+. The predicted molar refractivity (Wildman–Crippen MR) is 78.2 cm³/mol. The van der Waals surface area contributed by atoms with E-state index >= 15 is 0 Å². The summed E-state index contributed by atoms with van der Waals surface area (Å²) in [5.74, 6) is 0.966. The van der Waals surface area contributed by atoms with Crippen LogP contribution in [-0.2, 0) is 4.79 Å². The zero-order valence-electron chi connectivity index (χ0n) is 12.3. The van der Waals surface area contributed by atoms with E-state index in [0.717, 1.165) is 31.5 Å². The summed E-state index contributed by atoms with van der Waals surface area (Å²) < 4.78 is 13.4. The Bertz CT molecular complexity index is 454. The van der Waals surface area contributed by atoms with Crippen molar-refractivity contribution in [3.8, 4) is 0 Å². The van der Waals surface area contributed by atoms with Gasteiger partial charge in [0, 0.05) is 11.8 Å². The molecule has 1 aromatic carbocycles. The van der Waals surface area contributed by atoms with Crippen molar-refractivity contribution in [2.75, 3.05) is 25.0 Å². The number of halogens is 1. The Labute approximate surface area is 120 Å². The Hall–Kier alpha value is -1.42. The Balaban J connectivity index is 1.79. The van der Waals surface area contributed by atoms with Gasteiger partial charge in [-0.15, -0.1) is 0 Å². The number of amides is 1. The first kappa shape index (κ1) is 15.0. The molecule has 1 heterocycles. The van der Waals surface area contributed by atoms with Crippen LogP contribution < -0.4 is 10.2 Å². The van der Waals surface area contributed by atoms with Crippen LogP contribution in [0.2, 0.25) is 0 Å². The normalized spacial score (nSPS) is 26.2. The van der Waals surface area contributed by atoms with Gasteiger partial charge in [0.1, 0.15) is 5.82 Å². The largest absolute Gasteiger partial charge is 0.334 e. The quantitative estimate of drug-likeness (QED) is 0.864. The van der Waals surface area contributed by atoms with Crippen molar-refractivity contribution in [3.05, 3.63) is 30.1 Å². The molecular weight excluding hydrogens is 255 g/mol. The second-order valence-corrected chi connectivity index (χ2v) is 6.13. The third kappa shape index (κ3) is 4.30. The fourth-order valence-corrected chi connectivity index (χ4v) is 3.19. The molecule has 0 bridgehead atoms. The number of nitrogens with one attached hydrogen (secondary N) is 2. The van der Waals surface area contributed by atoms with Gasteiger partial charge in [-0.2, -0.15) is 0 Å². The molecule has 1 aromatic rings. The molecule has 3 nitrogen and oxygen atoms in total. The summed E-state index contributed by atoms with van der Waals surface area (Å²) in [5, 5.41) is 2.64. The average molecular weight is 279 g/mol. The van der Waals surface area contributed by atoms with Gasteiger partial charge in [0.15, 0.2) is 0 Å². The second-order valence-electron chi connectivity index (χ2n) is 6.13. The molecule has 0 unspecified atom stereocenters. The molecule has 1 saturated heterocycles. The lowest BCUT2D eigenvalue weighted by atomic mass is 9.92. The Morgan fingerprint density at radius 1 is 1.30 bits per heavy atom. The third-order valence-electron chi connectivity index (χ3n) is 3.93. The number of carbonyl (C=O) groups excluding carboxylic acids is 1. The van der Waals surface area contributed by atoms with E-state index in [2.05, 4.69) is 19.2 Å². The van der Waals surface area contributed by atoms with Crippen molar-refractivity contribution in [2.24, 2.45) is 11.8 Å². The highest BCUT2D eigenvalue weighted by Crippen LogP contribution is 2.13. The van der Waals surface area contributed by atoms with Gasteiger partial charge < -0.3 is 10.2 Å². The number of rotatable bonds is 4. The minimum Gasteiger partial charge on any atom is -0.334 e. The van der Waals surface area contributed by atoms with E-state index in [1.807, 2.05) is 0 Å². The van der Waals surface area contributed by atoms with Gasteiger partial charge in [0.25, 0.3) is 0 Å². The number of quaternary nitrogens is 1. The molecule has 1 fully saturated rings. The van der Waals surface area contributed by atoms with Crippen molar-refractivity contribution in [3.63, 3.8) is 0 Å². The summed E-state index contributed by atoms with van der Waals surface area (Å²) in [4.78, 5) is 13.4. The number of hydrogen-bond donors (Lipinski definition) is 2. The highest BCUT2D eigenvalue weighted by Gasteiger charge is 2.25. The minimum absolute atomic E-state index is 0.103. The molecule has 0 saturated carbocycles. The van der Waals surface area contributed by atoms with Crippen molar-refractivity contribution >= 4 is 11.6 Å². The van der Waals surface area contributed by atoms with Crippen LogP contribution >= 0.6 is 0 Å². The van der Waals surface area contributed by atoms with E-state index in [1.165, 1.54) is 17.4 Å². The summed E-state index contributed by atoms with van der Waals surface area (Å²) in [7, 11) is 0. The lowest BCUT2D eigenvalue weighted by molar-refractivity contribution is -0.911. The fourth-order valence-electron chi connectivity index (χ4n) is 3.19. The molecule has 2 rings (SSSR count). The number of benzene rings is 1. The first-order valence-electron chi connectivity index (χ1n) is 7.42. The average Bonchev–Trinajstić information content (AvgIpc) is 2.38. The van der Waals surface area contributed by atoms with E-state index < -0.39 is 0 Å².